The van der Waals surface area contributed by atoms with Crippen molar-refractivity contribution in [2.45, 2.75) is 64.7 Å². The van der Waals surface area contributed by atoms with Crippen LogP contribution < -0.4 is 0 Å². The molecule has 1 unspecified atom stereocenters. The number of carboxylic acid groups (broad SMARTS) is 1. The maximum absolute atomic E-state index is 10.8. The van der Waals surface area contributed by atoms with Gasteiger partial charge in [-0.05, 0) is 43.9 Å². The predicted molar refractivity (Wildman–Crippen MR) is 99.4 cm³/mol. The van der Waals surface area contributed by atoms with Crippen LogP contribution >= 0.6 is 12.2 Å². The fourth-order valence-corrected chi connectivity index (χ4v) is 2.31. The van der Waals surface area contributed by atoms with Crippen molar-refractivity contribution in [3.8, 4) is 0 Å². The van der Waals surface area contributed by atoms with Gasteiger partial charge in [-0.15, -0.1) is 0 Å². The van der Waals surface area contributed by atoms with Gasteiger partial charge in [0.2, 0.25) is 0 Å². The molecule has 0 saturated carbocycles. The molecule has 0 aliphatic heterocycles. The molecule has 0 radical (unpaired) electrons. The van der Waals surface area contributed by atoms with Crippen molar-refractivity contribution in [3.05, 3.63) is 36.5 Å². The van der Waals surface area contributed by atoms with Gasteiger partial charge in [0.1, 0.15) is 0 Å². The first-order valence-electron chi connectivity index (χ1n) is 8.35. The lowest BCUT2D eigenvalue weighted by Gasteiger charge is -2.05. The number of allylic oxidation sites excluding steroid dienone is 6. The molecule has 2 nitrogen and oxygen atoms in total. The Balaban J connectivity index is 3.42. The zero-order valence-corrected chi connectivity index (χ0v) is 14.6. The fourth-order valence-electron chi connectivity index (χ4n) is 2.06. The number of unbranched alkanes of at least 4 members (excludes halogenated alkanes) is 4. The summed E-state index contributed by atoms with van der Waals surface area (Å²) in [6.45, 7) is 2.14. The van der Waals surface area contributed by atoms with Gasteiger partial charge in [0.15, 0.2) is 0 Å². The number of aliphatic carboxylic acids is 1. The predicted octanol–water partition coefficient (Wildman–Crippen LogP) is 5.89. The number of rotatable bonds is 14. The molecule has 0 rings (SSSR count). The molecule has 0 aromatic rings. The van der Waals surface area contributed by atoms with E-state index in [1.807, 2.05) is 0 Å². The van der Waals surface area contributed by atoms with Crippen molar-refractivity contribution < 1.29 is 9.90 Å². The summed E-state index contributed by atoms with van der Waals surface area (Å²) in [7, 11) is 0. The molecule has 0 aromatic carbocycles. The summed E-state index contributed by atoms with van der Waals surface area (Å²) < 4.78 is 0. The van der Waals surface area contributed by atoms with Crippen LogP contribution in [0.3, 0.4) is 0 Å². The average molecular weight is 323 g/mol. The Labute approximate surface area is 141 Å². The largest absolute Gasteiger partial charge is 0.481 e. The van der Waals surface area contributed by atoms with Crippen LogP contribution in [0.15, 0.2) is 36.5 Å². The molecule has 22 heavy (non-hydrogen) atoms. The number of carbonyl (C=O) groups is 1. The van der Waals surface area contributed by atoms with Crippen LogP contribution in [0.5, 0.6) is 0 Å². The number of thiocarbonyl (C=S) groups is 1. The highest BCUT2D eigenvalue weighted by atomic mass is 32.1. The van der Waals surface area contributed by atoms with Crippen LogP contribution in [0, 0.1) is 5.92 Å². The summed E-state index contributed by atoms with van der Waals surface area (Å²) in [6.07, 6.45) is 22.5. The van der Waals surface area contributed by atoms with Gasteiger partial charge in [0.25, 0.3) is 0 Å². The van der Waals surface area contributed by atoms with E-state index in [4.69, 9.17) is 17.3 Å². The molecule has 0 aromatic heterocycles. The smallest absolute Gasteiger partial charge is 0.311 e. The van der Waals surface area contributed by atoms with Crippen molar-refractivity contribution in [1.29, 1.82) is 0 Å². The van der Waals surface area contributed by atoms with E-state index in [1.54, 1.807) is 0 Å². The van der Waals surface area contributed by atoms with Gasteiger partial charge in [0.05, 0.1) is 5.92 Å². The van der Waals surface area contributed by atoms with Crippen LogP contribution in [0.4, 0.5) is 0 Å². The van der Waals surface area contributed by atoms with Gasteiger partial charge < -0.3 is 5.11 Å². The molecule has 3 heteroatoms. The Morgan fingerprint density at radius 2 is 1.55 bits per heavy atom. The highest BCUT2D eigenvalue weighted by Crippen LogP contribution is 2.11. The highest BCUT2D eigenvalue weighted by Gasteiger charge is 2.12. The van der Waals surface area contributed by atoms with E-state index in [1.165, 1.54) is 11.8 Å². The van der Waals surface area contributed by atoms with E-state index in [0.717, 1.165) is 44.9 Å². The summed E-state index contributed by atoms with van der Waals surface area (Å²) in [4.78, 5) is 10.8. The van der Waals surface area contributed by atoms with Gasteiger partial charge in [-0.25, -0.2) is 0 Å². The lowest BCUT2D eigenvalue weighted by Crippen LogP contribution is -2.13. The minimum absolute atomic E-state index is 0.450. The SMILES string of the molecule is CCC=CCC=CCC=CCCCCCCC(C=S)C(=O)O. The molecule has 0 heterocycles. The van der Waals surface area contributed by atoms with E-state index in [9.17, 15) is 4.79 Å². The van der Waals surface area contributed by atoms with Gasteiger partial charge in [-0.1, -0.05) is 74.9 Å². The second kappa shape index (κ2) is 16.2. The van der Waals surface area contributed by atoms with Crippen molar-refractivity contribution >= 4 is 23.6 Å². The minimum atomic E-state index is -0.795. The summed E-state index contributed by atoms with van der Waals surface area (Å²) in [6, 6.07) is 0. The highest BCUT2D eigenvalue weighted by molar-refractivity contribution is 7.79. The Bertz CT molecular complexity index is 370. The topological polar surface area (TPSA) is 37.3 Å². The molecule has 1 N–H and O–H groups in total. The van der Waals surface area contributed by atoms with E-state index in [0.29, 0.717) is 6.42 Å². The maximum atomic E-state index is 10.8. The van der Waals surface area contributed by atoms with Crippen LogP contribution in [0.1, 0.15) is 64.7 Å². The summed E-state index contributed by atoms with van der Waals surface area (Å²) in [5.41, 5.74) is 0. The van der Waals surface area contributed by atoms with Crippen LogP contribution in [-0.4, -0.2) is 16.4 Å². The molecular weight excluding hydrogens is 292 g/mol. The van der Waals surface area contributed by atoms with Crippen molar-refractivity contribution in [3.63, 3.8) is 0 Å². The quantitative estimate of drug-likeness (QED) is 0.246. The molecule has 0 aliphatic rings. The van der Waals surface area contributed by atoms with Crippen LogP contribution in [-0.2, 0) is 4.79 Å². The molecule has 0 amide bonds. The Morgan fingerprint density at radius 3 is 2.14 bits per heavy atom. The monoisotopic (exact) mass is 322 g/mol. The first kappa shape index (κ1) is 20.8. The molecule has 1 atom stereocenters. The second-order valence-electron chi connectivity index (χ2n) is 5.37. The molecule has 0 aliphatic carbocycles. The third kappa shape index (κ3) is 13.7. The molecular formula is C19H30O2S. The lowest BCUT2D eigenvalue weighted by atomic mass is 10.0. The summed E-state index contributed by atoms with van der Waals surface area (Å²) in [5.74, 6) is -1.25. The normalized spacial score (nSPS) is 13.3. The minimum Gasteiger partial charge on any atom is -0.481 e. The maximum Gasteiger partial charge on any atom is 0.311 e. The van der Waals surface area contributed by atoms with E-state index in [-0.39, 0.29) is 0 Å². The summed E-state index contributed by atoms with van der Waals surface area (Å²) in [5, 5.41) is 10.2. The third-order valence-corrected chi connectivity index (χ3v) is 3.73. The van der Waals surface area contributed by atoms with Crippen LogP contribution in [0.2, 0.25) is 0 Å². The molecule has 0 bridgehead atoms. The molecule has 0 spiro atoms. The lowest BCUT2D eigenvalue weighted by molar-refractivity contribution is -0.139. The second-order valence-corrected chi connectivity index (χ2v) is 5.64. The third-order valence-electron chi connectivity index (χ3n) is 3.40. The zero-order valence-electron chi connectivity index (χ0n) is 13.7. The summed E-state index contributed by atoms with van der Waals surface area (Å²) >= 11 is 4.73. The van der Waals surface area contributed by atoms with Crippen LogP contribution in [0.25, 0.3) is 0 Å². The van der Waals surface area contributed by atoms with Crippen molar-refractivity contribution in [2.75, 3.05) is 0 Å². The average Bonchev–Trinajstić information content (AvgIpc) is 2.51. The van der Waals surface area contributed by atoms with Crippen molar-refractivity contribution in [2.24, 2.45) is 5.92 Å². The molecule has 0 fully saturated rings. The number of carboxylic acids is 1. The zero-order chi connectivity index (χ0) is 16.5. The van der Waals surface area contributed by atoms with Crippen molar-refractivity contribution in [1.82, 2.24) is 0 Å². The fraction of sp³-hybridized carbons (Fsp3) is 0.579. The van der Waals surface area contributed by atoms with E-state index < -0.39 is 11.9 Å². The van der Waals surface area contributed by atoms with Gasteiger partial charge in [0, 0.05) is 0 Å². The van der Waals surface area contributed by atoms with Gasteiger partial charge >= 0.3 is 5.97 Å². The Morgan fingerprint density at radius 1 is 0.955 bits per heavy atom. The Kier molecular flexibility index (Phi) is 15.3. The standard InChI is InChI=1S/C19H30O2S/c1-2-3-4-5-6-7-8-9-10-11-12-13-14-15-16-18(17-22)19(20)21/h3-4,6-7,9-10,17-18H,2,5,8,11-16H2,1H3,(H,20,21). The van der Waals surface area contributed by atoms with Gasteiger partial charge in [-0.3, -0.25) is 4.79 Å². The first-order valence-corrected chi connectivity index (χ1v) is 8.82. The van der Waals surface area contributed by atoms with E-state index in [2.05, 4.69) is 43.4 Å². The first-order chi connectivity index (χ1) is 10.7. The molecule has 0 saturated heterocycles. The van der Waals surface area contributed by atoms with E-state index >= 15 is 0 Å². The Hall–Kier alpha value is -1.22. The molecule has 124 valence electrons. The number of hydrogen-bond acceptors (Lipinski definition) is 2. The van der Waals surface area contributed by atoms with Gasteiger partial charge in [-0.2, -0.15) is 0 Å². The number of hydrogen-bond donors (Lipinski definition) is 1.